The van der Waals surface area contributed by atoms with Crippen LogP contribution in [0.4, 0.5) is 0 Å². The summed E-state index contributed by atoms with van der Waals surface area (Å²) in [6, 6.07) is 21.6. The molecule has 0 amide bonds. The molecule has 0 spiro atoms. The molecule has 0 saturated heterocycles. The van der Waals surface area contributed by atoms with Gasteiger partial charge in [0.25, 0.3) is 6.23 Å². The molecule has 1 aliphatic rings. The summed E-state index contributed by atoms with van der Waals surface area (Å²) in [4.78, 5) is 12.2. The van der Waals surface area contributed by atoms with Gasteiger partial charge in [0, 0.05) is 23.2 Å². The van der Waals surface area contributed by atoms with Crippen molar-refractivity contribution in [2.75, 3.05) is 0 Å². The molecule has 1 atom stereocenters. The molecule has 3 aromatic carbocycles. The van der Waals surface area contributed by atoms with Gasteiger partial charge in [0.05, 0.1) is 6.20 Å². The minimum absolute atomic E-state index is 0.589. The minimum Gasteiger partial charge on any atom is -0.477 e. The van der Waals surface area contributed by atoms with Crippen molar-refractivity contribution in [1.82, 2.24) is 9.78 Å². The lowest BCUT2D eigenvalue weighted by atomic mass is 9.91. The number of nitrogens with zero attached hydrogens (tertiary/aromatic N) is 2. The second-order valence-electron chi connectivity index (χ2n) is 8.69. The van der Waals surface area contributed by atoms with Gasteiger partial charge in [0.2, 0.25) is 0 Å². The first-order valence-electron chi connectivity index (χ1n) is 11.5. The summed E-state index contributed by atoms with van der Waals surface area (Å²) in [6.07, 6.45) is 6.70. The van der Waals surface area contributed by atoms with Crippen LogP contribution >= 0.6 is 11.6 Å². The van der Waals surface area contributed by atoms with Gasteiger partial charge >= 0.3 is 5.97 Å². The number of allylic oxidation sites excluding steroid dienone is 2. The van der Waals surface area contributed by atoms with Crippen LogP contribution in [0.1, 0.15) is 41.8 Å². The van der Waals surface area contributed by atoms with Crippen molar-refractivity contribution < 1.29 is 14.6 Å². The number of carboxylic acid groups (broad SMARTS) is 1. The third kappa shape index (κ3) is 4.86. The summed E-state index contributed by atoms with van der Waals surface area (Å²) in [5.41, 5.74) is 7.44. The first kappa shape index (κ1) is 22.9. The average molecular weight is 485 g/mol. The number of carboxylic acids is 1. The zero-order valence-corrected chi connectivity index (χ0v) is 20.1. The van der Waals surface area contributed by atoms with Crippen molar-refractivity contribution in [2.45, 2.75) is 32.4 Å². The first-order chi connectivity index (χ1) is 17.0. The van der Waals surface area contributed by atoms with Gasteiger partial charge in [0.15, 0.2) is 0 Å². The summed E-state index contributed by atoms with van der Waals surface area (Å²) in [5, 5.41) is 15.0. The zero-order chi connectivity index (χ0) is 24.4. The van der Waals surface area contributed by atoms with Crippen molar-refractivity contribution in [3.05, 3.63) is 112 Å². The molecule has 0 bridgehead atoms. The minimum atomic E-state index is -1.26. The van der Waals surface area contributed by atoms with Crippen molar-refractivity contribution in [1.29, 1.82) is 0 Å². The predicted octanol–water partition coefficient (Wildman–Crippen LogP) is 6.81. The molecular formula is C29H25ClN2O3. The van der Waals surface area contributed by atoms with Crippen LogP contribution in [0.2, 0.25) is 5.02 Å². The maximum Gasteiger partial charge on any atom is 0.368 e. The van der Waals surface area contributed by atoms with E-state index in [2.05, 4.69) is 30.2 Å². The highest BCUT2D eigenvalue weighted by atomic mass is 35.5. The Balaban J connectivity index is 1.41. The predicted molar refractivity (Wildman–Crippen MR) is 138 cm³/mol. The van der Waals surface area contributed by atoms with E-state index in [1.165, 1.54) is 10.3 Å². The average Bonchev–Trinajstić information content (AvgIpc) is 3.31. The number of benzene rings is 3. The smallest absolute Gasteiger partial charge is 0.368 e. The summed E-state index contributed by atoms with van der Waals surface area (Å²) < 4.78 is 7.42. The molecule has 6 heteroatoms. The van der Waals surface area contributed by atoms with Crippen LogP contribution in [-0.2, 0) is 17.6 Å². The second-order valence-corrected chi connectivity index (χ2v) is 9.13. The molecule has 1 aromatic heterocycles. The van der Waals surface area contributed by atoms with Gasteiger partial charge in [0.1, 0.15) is 5.75 Å². The Morgan fingerprint density at radius 2 is 1.91 bits per heavy atom. The third-order valence-electron chi connectivity index (χ3n) is 6.30. The Labute approximate surface area is 209 Å². The Morgan fingerprint density at radius 1 is 1.11 bits per heavy atom. The van der Waals surface area contributed by atoms with Crippen molar-refractivity contribution >= 4 is 23.1 Å². The summed E-state index contributed by atoms with van der Waals surface area (Å²) >= 11 is 6.21. The zero-order valence-electron chi connectivity index (χ0n) is 19.3. The molecule has 4 aromatic rings. The van der Waals surface area contributed by atoms with Crippen molar-refractivity contribution in [3.63, 3.8) is 0 Å². The number of hydrogen-bond acceptors (Lipinski definition) is 3. The Morgan fingerprint density at radius 3 is 2.74 bits per heavy atom. The van der Waals surface area contributed by atoms with Gasteiger partial charge in [-0.3, -0.25) is 0 Å². The number of rotatable bonds is 7. The molecule has 0 aliphatic heterocycles. The van der Waals surface area contributed by atoms with Gasteiger partial charge < -0.3 is 9.84 Å². The van der Waals surface area contributed by atoms with Gasteiger partial charge in [-0.1, -0.05) is 66.2 Å². The Hall–Kier alpha value is -3.83. The third-order valence-corrected chi connectivity index (χ3v) is 6.53. The highest BCUT2D eigenvalue weighted by molar-refractivity contribution is 6.30. The van der Waals surface area contributed by atoms with E-state index < -0.39 is 12.2 Å². The van der Waals surface area contributed by atoms with E-state index in [1.54, 1.807) is 12.4 Å². The molecule has 1 aliphatic carbocycles. The lowest BCUT2D eigenvalue weighted by Gasteiger charge is -2.22. The van der Waals surface area contributed by atoms with Crippen LogP contribution in [0.5, 0.6) is 5.75 Å². The van der Waals surface area contributed by atoms with Gasteiger partial charge in [-0.15, -0.1) is 0 Å². The van der Waals surface area contributed by atoms with Crippen LogP contribution in [0, 0.1) is 0 Å². The lowest BCUT2D eigenvalue weighted by Crippen LogP contribution is -2.26. The van der Waals surface area contributed by atoms with Crippen LogP contribution in [0.15, 0.2) is 85.2 Å². The lowest BCUT2D eigenvalue weighted by molar-refractivity contribution is -0.150. The van der Waals surface area contributed by atoms with Gasteiger partial charge in [-0.2, -0.15) is 5.10 Å². The van der Waals surface area contributed by atoms with E-state index in [9.17, 15) is 9.90 Å². The highest BCUT2D eigenvalue weighted by Gasteiger charge is 2.25. The number of carbonyl (C=O) groups is 1. The molecule has 5 nitrogen and oxygen atoms in total. The number of aliphatic carboxylic acids is 1. The fourth-order valence-corrected chi connectivity index (χ4v) is 4.80. The number of ether oxygens (including phenoxy) is 1. The number of aromatic nitrogens is 2. The second kappa shape index (κ2) is 9.80. The van der Waals surface area contributed by atoms with E-state index >= 15 is 0 Å². The van der Waals surface area contributed by atoms with Crippen LogP contribution < -0.4 is 4.74 Å². The quantitative estimate of drug-likeness (QED) is 0.313. The van der Waals surface area contributed by atoms with Crippen LogP contribution in [-0.4, -0.2) is 20.9 Å². The van der Waals surface area contributed by atoms with E-state index in [0.29, 0.717) is 17.2 Å². The first-order valence-corrected chi connectivity index (χ1v) is 11.9. The highest BCUT2D eigenvalue weighted by Crippen LogP contribution is 2.34. The van der Waals surface area contributed by atoms with E-state index in [1.807, 2.05) is 54.6 Å². The van der Waals surface area contributed by atoms with E-state index in [0.717, 1.165) is 46.2 Å². The summed E-state index contributed by atoms with van der Waals surface area (Å²) in [7, 11) is 0. The van der Waals surface area contributed by atoms with Crippen LogP contribution in [0.3, 0.4) is 0 Å². The molecule has 0 fully saturated rings. The number of halogens is 1. The van der Waals surface area contributed by atoms with Crippen molar-refractivity contribution in [2.24, 2.45) is 0 Å². The summed E-state index contributed by atoms with van der Waals surface area (Å²) in [5.74, 6) is -0.509. The maximum absolute atomic E-state index is 12.2. The van der Waals surface area contributed by atoms with Gasteiger partial charge in [-0.05, 0) is 71.4 Å². The van der Waals surface area contributed by atoms with Gasteiger partial charge in [-0.25, -0.2) is 9.48 Å². The fraction of sp³-hybridized carbons (Fsp3) is 0.172. The fourth-order valence-electron chi connectivity index (χ4n) is 4.61. The van der Waals surface area contributed by atoms with Crippen molar-refractivity contribution in [3.8, 4) is 16.9 Å². The Kier molecular flexibility index (Phi) is 6.43. The van der Waals surface area contributed by atoms with E-state index in [-0.39, 0.29) is 0 Å². The summed E-state index contributed by atoms with van der Waals surface area (Å²) in [6.45, 7) is 2.07. The normalized spacial score (nSPS) is 13.6. The molecular weight excluding hydrogens is 460 g/mol. The van der Waals surface area contributed by atoms with Crippen LogP contribution in [0.25, 0.3) is 16.7 Å². The molecule has 0 saturated carbocycles. The topological polar surface area (TPSA) is 64.3 Å². The number of hydrogen-bond donors (Lipinski definition) is 1. The Bertz CT molecular complexity index is 1420. The van der Waals surface area contributed by atoms with E-state index in [4.69, 9.17) is 16.3 Å². The monoisotopic (exact) mass is 484 g/mol. The molecule has 1 unspecified atom stereocenters. The molecule has 1 heterocycles. The SMILES string of the molecule is CC1=CCCc2c(OC(C(=O)O)n3cc(Cc4ccccc4-c4cccc(Cl)c4)cn3)cccc21. The largest absolute Gasteiger partial charge is 0.477 e. The maximum atomic E-state index is 12.2. The molecule has 176 valence electrons. The molecule has 1 N–H and O–H groups in total. The standard InChI is InChI=1S/C29H25ClN2O3/c1-19-7-4-13-26-24(19)12-6-14-27(26)35-28(29(33)34)32-18-20(17-31-32)15-21-8-2-3-11-25(21)22-9-5-10-23(30)16-22/h2-3,5-12,14,16-18,28H,4,13,15H2,1H3,(H,33,34). The molecule has 5 rings (SSSR count). The number of fused-ring (bicyclic) bond motifs is 1. The molecule has 35 heavy (non-hydrogen) atoms. The molecule has 0 radical (unpaired) electrons.